The minimum Gasteiger partial charge on any atom is -0.414 e. The summed E-state index contributed by atoms with van der Waals surface area (Å²) in [6, 6.07) is 8.92. The average molecular weight is 602 g/mol. The summed E-state index contributed by atoms with van der Waals surface area (Å²) in [4.78, 5) is 26.5. The van der Waals surface area contributed by atoms with Gasteiger partial charge < -0.3 is 24.0 Å². The Labute approximate surface area is 247 Å². The molecule has 0 radical (unpaired) electrons. The van der Waals surface area contributed by atoms with Crippen LogP contribution in [0.4, 0.5) is 5.82 Å². The van der Waals surface area contributed by atoms with Gasteiger partial charge in [0, 0.05) is 5.56 Å². The number of imidazole rings is 1. The zero-order chi connectivity index (χ0) is 29.7. The topological polar surface area (TPSA) is 110 Å². The molecule has 0 bridgehead atoms. The molecule has 1 N–H and O–H groups in total. The third-order valence-electron chi connectivity index (χ3n) is 8.92. The summed E-state index contributed by atoms with van der Waals surface area (Å²) in [5.74, 6) is 0.267. The highest BCUT2D eigenvalue weighted by molar-refractivity contribution is 6.74. The zero-order valence-electron chi connectivity index (χ0n) is 25.0. The Kier molecular flexibility index (Phi) is 8.07. The fraction of sp³-hybridized carbons (Fsp3) is 0.586. The van der Waals surface area contributed by atoms with Crippen molar-refractivity contribution in [3.05, 3.63) is 48.0 Å². The van der Waals surface area contributed by atoms with Gasteiger partial charge in [0.1, 0.15) is 30.5 Å². The van der Waals surface area contributed by atoms with Crippen LogP contribution in [-0.2, 0) is 24.5 Å². The van der Waals surface area contributed by atoms with Crippen molar-refractivity contribution in [3.8, 4) is 0 Å². The molecule has 10 nitrogen and oxygen atoms in total. The van der Waals surface area contributed by atoms with Gasteiger partial charge in [0.25, 0.3) is 5.91 Å². The van der Waals surface area contributed by atoms with Crippen LogP contribution in [0.3, 0.4) is 0 Å². The third-order valence-corrected chi connectivity index (χ3v) is 13.7. The number of hydrogen-bond acceptors (Lipinski definition) is 8. The Bertz CT molecular complexity index is 1410. The van der Waals surface area contributed by atoms with Gasteiger partial charge in [-0.3, -0.25) is 9.36 Å². The van der Waals surface area contributed by atoms with Crippen LogP contribution in [-0.4, -0.2) is 64.4 Å². The summed E-state index contributed by atoms with van der Waals surface area (Å²) in [5.41, 5.74) is 1.40. The van der Waals surface area contributed by atoms with Gasteiger partial charge in [0.15, 0.2) is 37.3 Å². The van der Waals surface area contributed by atoms with Gasteiger partial charge >= 0.3 is 0 Å². The van der Waals surface area contributed by atoms with E-state index in [1.807, 2.05) is 24.5 Å². The van der Waals surface area contributed by atoms with Gasteiger partial charge in [0.05, 0.1) is 12.5 Å². The second-order valence-electron chi connectivity index (χ2n) is 12.6. The largest absolute Gasteiger partial charge is 0.414 e. The maximum absolute atomic E-state index is 12.9. The molecule has 5 rings (SSSR count). The minimum atomic E-state index is -2.12. The van der Waals surface area contributed by atoms with Crippen molar-refractivity contribution in [2.75, 3.05) is 11.9 Å². The monoisotopic (exact) mass is 601 g/mol. The van der Waals surface area contributed by atoms with Gasteiger partial charge in [-0.15, -0.1) is 11.6 Å². The van der Waals surface area contributed by atoms with E-state index in [0.29, 0.717) is 35.1 Å². The molecule has 222 valence electrons. The van der Waals surface area contributed by atoms with Crippen LogP contribution in [0.25, 0.3) is 11.2 Å². The van der Waals surface area contributed by atoms with Gasteiger partial charge in [-0.2, -0.15) is 0 Å². The fourth-order valence-corrected chi connectivity index (χ4v) is 7.88. The highest BCUT2D eigenvalue weighted by Gasteiger charge is 2.57. The first-order valence-electron chi connectivity index (χ1n) is 14.0. The Morgan fingerprint density at radius 3 is 2.51 bits per heavy atom. The summed E-state index contributed by atoms with van der Waals surface area (Å²) >= 11 is 6.41. The molecule has 2 aliphatic heterocycles. The normalized spacial score (nSPS) is 24.2. The van der Waals surface area contributed by atoms with Crippen molar-refractivity contribution in [3.63, 3.8) is 0 Å². The van der Waals surface area contributed by atoms with Gasteiger partial charge in [0.2, 0.25) is 0 Å². The van der Waals surface area contributed by atoms with E-state index in [0.717, 1.165) is 0 Å². The second kappa shape index (κ2) is 11.0. The maximum Gasteiger partial charge on any atom is 0.256 e. The number of nitrogens with zero attached hydrogens (tertiary/aromatic N) is 4. The summed E-state index contributed by atoms with van der Waals surface area (Å²) in [5, 5.41) is 2.92. The number of fused-ring (bicyclic) bond motifs is 2. The molecule has 41 heavy (non-hydrogen) atoms. The summed E-state index contributed by atoms with van der Waals surface area (Å²) in [6.45, 7) is 17.7. The van der Waals surface area contributed by atoms with E-state index in [1.165, 1.54) is 6.33 Å². The molecule has 0 unspecified atom stereocenters. The predicted molar refractivity (Wildman–Crippen MR) is 159 cm³/mol. The number of anilines is 1. The Hall–Kier alpha value is -2.41. The minimum absolute atomic E-state index is 0.0561. The van der Waals surface area contributed by atoms with Crippen LogP contribution in [0.1, 0.15) is 64.0 Å². The molecule has 2 aromatic heterocycles. The third kappa shape index (κ3) is 5.55. The summed E-state index contributed by atoms with van der Waals surface area (Å²) in [6.07, 6.45) is -0.407. The van der Waals surface area contributed by atoms with Crippen LogP contribution in [0, 0.1) is 5.92 Å². The first kappa shape index (κ1) is 30.1. The van der Waals surface area contributed by atoms with Crippen LogP contribution in [0.2, 0.25) is 18.1 Å². The van der Waals surface area contributed by atoms with Gasteiger partial charge in [-0.1, -0.05) is 45.9 Å². The van der Waals surface area contributed by atoms with E-state index in [4.69, 9.17) is 35.2 Å². The smallest absolute Gasteiger partial charge is 0.256 e. The van der Waals surface area contributed by atoms with Crippen molar-refractivity contribution >= 4 is 42.8 Å². The number of halogens is 1. The lowest BCUT2D eigenvalue weighted by Crippen LogP contribution is -2.47. The molecule has 2 saturated heterocycles. The lowest BCUT2D eigenvalue weighted by Gasteiger charge is -2.43. The molecule has 0 aliphatic carbocycles. The molecular weight excluding hydrogens is 562 g/mol. The molecule has 4 heterocycles. The maximum atomic E-state index is 12.9. The number of carbonyl (C=O) groups excluding carboxylic acids is 1. The van der Waals surface area contributed by atoms with Crippen molar-refractivity contribution in [1.29, 1.82) is 0 Å². The number of amides is 1. The van der Waals surface area contributed by atoms with Crippen molar-refractivity contribution in [2.24, 2.45) is 5.92 Å². The lowest BCUT2D eigenvalue weighted by atomic mass is 9.99. The molecule has 3 aromatic rings. The Morgan fingerprint density at radius 2 is 1.85 bits per heavy atom. The van der Waals surface area contributed by atoms with Crippen LogP contribution < -0.4 is 5.32 Å². The average Bonchev–Trinajstić information content (AvgIpc) is 3.56. The van der Waals surface area contributed by atoms with Crippen LogP contribution in [0.5, 0.6) is 0 Å². The van der Waals surface area contributed by atoms with Crippen LogP contribution in [0.15, 0.2) is 36.7 Å². The Morgan fingerprint density at radius 1 is 1.17 bits per heavy atom. The number of carbonyl (C=O) groups is 1. The summed E-state index contributed by atoms with van der Waals surface area (Å²) in [7, 11) is -2.12. The number of aromatic nitrogens is 4. The van der Waals surface area contributed by atoms with Crippen molar-refractivity contribution in [1.82, 2.24) is 19.5 Å². The van der Waals surface area contributed by atoms with E-state index in [-0.39, 0.29) is 34.9 Å². The number of ether oxygens (including phenoxy) is 3. The fourth-order valence-electron chi connectivity index (χ4n) is 5.35. The predicted octanol–water partition coefficient (Wildman–Crippen LogP) is 5.89. The molecule has 2 fully saturated rings. The molecule has 2 aliphatic rings. The highest BCUT2D eigenvalue weighted by atomic mass is 35.5. The number of hydrogen-bond donors (Lipinski definition) is 1. The highest BCUT2D eigenvalue weighted by Crippen LogP contribution is 2.47. The SMILES string of the molecule is CC(C)C(C)(C)[Si](C)(C)OC[C@H]1O[C@@H](n2c(CCl)nc3c(NC(=O)c4ccccc4)ncnc32)[C@@H]2OC(C)(C)O[C@@H]21. The molecule has 0 spiro atoms. The molecule has 4 atom stereocenters. The Balaban J connectivity index is 1.47. The first-order valence-corrected chi connectivity index (χ1v) is 17.5. The molecule has 1 amide bonds. The molecule has 12 heteroatoms. The first-order chi connectivity index (χ1) is 19.3. The number of alkyl halides is 1. The lowest BCUT2D eigenvalue weighted by molar-refractivity contribution is -0.199. The quantitative estimate of drug-likeness (QED) is 0.239. The zero-order valence-corrected chi connectivity index (χ0v) is 26.7. The molecule has 0 saturated carbocycles. The number of rotatable bonds is 9. The second-order valence-corrected chi connectivity index (χ2v) is 17.4. The van der Waals surface area contributed by atoms with E-state index < -0.39 is 26.4 Å². The van der Waals surface area contributed by atoms with Gasteiger partial charge in [-0.05, 0) is 50.0 Å². The number of nitrogens with one attached hydrogen (secondary N) is 1. The molecular formula is C29H40ClN5O5Si. The summed E-state index contributed by atoms with van der Waals surface area (Å²) < 4.78 is 27.9. The van der Waals surface area contributed by atoms with E-state index in [9.17, 15) is 4.79 Å². The van der Waals surface area contributed by atoms with Crippen molar-refractivity contribution < 1.29 is 23.4 Å². The standard InChI is InChI=1S/C29H40ClN5O5Si/c1-17(2)28(3,4)41(7,8)37-15-19-22-23(40-29(5,6)39-22)27(38-19)35-20(14-30)33-21-24(31-16-32-25(21)35)34-26(36)18-12-10-9-11-13-18/h9-13,16-17,19,22-23,27H,14-15H2,1-8H3,(H,31,32,34,36)/t19-,22-,23-,27-/m1/s1. The van der Waals surface area contributed by atoms with Gasteiger partial charge in [-0.25, -0.2) is 15.0 Å². The number of benzene rings is 1. The van der Waals surface area contributed by atoms with E-state index >= 15 is 0 Å². The molecule has 1 aromatic carbocycles. The van der Waals surface area contributed by atoms with E-state index in [1.54, 1.807) is 24.3 Å². The van der Waals surface area contributed by atoms with Crippen LogP contribution >= 0.6 is 11.6 Å². The van der Waals surface area contributed by atoms with Crippen molar-refractivity contribution in [2.45, 2.75) is 95.9 Å². The van der Waals surface area contributed by atoms with E-state index in [2.05, 4.69) is 56.1 Å².